The van der Waals surface area contributed by atoms with Crippen LogP contribution in [0.5, 0.6) is 0 Å². The fourth-order valence-corrected chi connectivity index (χ4v) is 3.81. The summed E-state index contributed by atoms with van der Waals surface area (Å²) >= 11 is 0. The number of carbonyl (C=O) groups is 1. The molecule has 1 aromatic rings. The van der Waals surface area contributed by atoms with Crippen molar-refractivity contribution in [2.75, 3.05) is 0 Å². The summed E-state index contributed by atoms with van der Waals surface area (Å²) in [6.45, 7) is 1.84. The highest BCUT2D eigenvalue weighted by Gasteiger charge is 2.34. The van der Waals surface area contributed by atoms with E-state index in [1.807, 2.05) is 6.92 Å². The molecule has 2 aliphatic rings. The Labute approximate surface area is 125 Å². The average molecular weight is 290 g/mol. The van der Waals surface area contributed by atoms with Gasteiger partial charge >= 0.3 is 0 Å². The van der Waals surface area contributed by atoms with E-state index in [2.05, 4.69) is 10.6 Å². The Morgan fingerprint density at radius 2 is 2.00 bits per heavy atom. The van der Waals surface area contributed by atoms with Crippen LogP contribution in [-0.2, 0) is 4.79 Å². The number of fused-ring (bicyclic) bond motifs is 2. The standard InChI is InChI=1S/C17H23FN2O/c1-11(15-4-2-3-5-16(15)18)19-17(21)10-12-8-13-6-7-14(9-12)20-13/h2-5,11-14,20H,6-10H2,1H3,(H,19,21)/t11-,12?,13?,14?/m1/s1. The van der Waals surface area contributed by atoms with E-state index in [-0.39, 0.29) is 17.8 Å². The number of amides is 1. The summed E-state index contributed by atoms with van der Waals surface area (Å²) in [5, 5.41) is 6.52. The molecule has 114 valence electrons. The molecule has 0 spiro atoms. The summed E-state index contributed by atoms with van der Waals surface area (Å²) in [5.41, 5.74) is 0.552. The van der Waals surface area contributed by atoms with Gasteiger partial charge in [-0.05, 0) is 44.6 Å². The normalized spacial score (nSPS) is 29.1. The van der Waals surface area contributed by atoms with Crippen LogP contribution in [0.1, 0.15) is 50.6 Å². The van der Waals surface area contributed by atoms with Crippen molar-refractivity contribution in [1.82, 2.24) is 10.6 Å². The van der Waals surface area contributed by atoms with Crippen LogP contribution in [0.15, 0.2) is 24.3 Å². The summed E-state index contributed by atoms with van der Waals surface area (Å²) in [7, 11) is 0. The maximum Gasteiger partial charge on any atom is 0.220 e. The topological polar surface area (TPSA) is 41.1 Å². The van der Waals surface area contributed by atoms with Crippen molar-refractivity contribution in [1.29, 1.82) is 0 Å². The zero-order valence-electron chi connectivity index (χ0n) is 12.4. The van der Waals surface area contributed by atoms with Crippen LogP contribution in [-0.4, -0.2) is 18.0 Å². The van der Waals surface area contributed by atoms with Gasteiger partial charge in [0.25, 0.3) is 0 Å². The van der Waals surface area contributed by atoms with Crippen molar-refractivity contribution >= 4 is 5.91 Å². The molecule has 0 radical (unpaired) electrons. The highest BCUT2D eigenvalue weighted by molar-refractivity contribution is 5.76. The van der Waals surface area contributed by atoms with Crippen molar-refractivity contribution in [2.24, 2.45) is 5.92 Å². The highest BCUT2D eigenvalue weighted by Crippen LogP contribution is 2.32. The van der Waals surface area contributed by atoms with E-state index in [1.165, 1.54) is 18.9 Å². The minimum atomic E-state index is -0.280. The summed E-state index contributed by atoms with van der Waals surface area (Å²) in [4.78, 5) is 12.2. The summed E-state index contributed by atoms with van der Waals surface area (Å²) in [6.07, 6.45) is 5.24. The van der Waals surface area contributed by atoms with Gasteiger partial charge in [0, 0.05) is 24.1 Å². The molecule has 0 aromatic heterocycles. The van der Waals surface area contributed by atoms with E-state index in [0.29, 0.717) is 30.0 Å². The van der Waals surface area contributed by atoms with Crippen LogP contribution in [0.2, 0.25) is 0 Å². The SMILES string of the molecule is C[C@@H](NC(=O)CC1CC2CCC(C1)N2)c1ccccc1F. The molecule has 3 nitrogen and oxygen atoms in total. The zero-order chi connectivity index (χ0) is 14.8. The molecule has 1 aromatic carbocycles. The van der Waals surface area contributed by atoms with Crippen LogP contribution < -0.4 is 10.6 Å². The lowest BCUT2D eigenvalue weighted by molar-refractivity contribution is -0.122. The Balaban J connectivity index is 1.53. The average Bonchev–Trinajstić information content (AvgIpc) is 2.78. The first-order valence-corrected chi connectivity index (χ1v) is 7.91. The van der Waals surface area contributed by atoms with Crippen LogP contribution in [0.25, 0.3) is 0 Å². The molecule has 2 unspecified atom stereocenters. The second-order valence-corrected chi connectivity index (χ2v) is 6.49. The number of nitrogens with one attached hydrogen (secondary N) is 2. The number of hydrogen-bond donors (Lipinski definition) is 2. The molecule has 21 heavy (non-hydrogen) atoms. The first-order valence-electron chi connectivity index (χ1n) is 7.91. The van der Waals surface area contributed by atoms with E-state index < -0.39 is 0 Å². The molecule has 2 aliphatic heterocycles. The van der Waals surface area contributed by atoms with Gasteiger partial charge in [0.2, 0.25) is 5.91 Å². The number of benzene rings is 1. The molecule has 1 amide bonds. The van der Waals surface area contributed by atoms with Gasteiger partial charge in [0.1, 0.15) is 5.82 Å². The molecule has 0 aliphatic carbocycles. The number of rotatable bonds is 4. The van der Waals surface area contributed by atoms with Crippen molar-refractivity contribution in [3.05, 3.63) is 35.6 Å². The van der Waals surface area contributed by atoms with Gasteiger partial charge in [-0.3, -0.25) is 4.79 Å². The van der Waals surface area contributed by atoms with Gasteiger partial charge < -0.3 is 10.6 Å². The number of piperidine rings is 1. The first-order chi connectivity index (χ1) is 10.1. The number of carbonyl (C=O) groups excluding carboxylic acids is 1. The minimum Gasteiger partial charge on any atom is -0.349 e. The maximum absolute atomic E-state index is 13.7. The molecule has 2 bridgehead atoms. The van der Waals surface area contributed by atoms with E-state index in [0.717, 1.165) is 12.8 Å². The van der Waals surface area contributed by atoms with Crippen molar-refractivity contribution in [3.63, 3.8) is 0 Å². The van der Waals surface area contributed by atoms with Gasteiger partial charge in [-0.15, -0.1) is 0 Å². The largest absolute Gasteiger partial charge is 0.349 e. The molecule has 3 atom stereocenters. The van der Waals surface area contributed by atoms with E-state index in [1.54, 1.807) is 18.2 Å². The van der Waals surface area contributed by atoms with Crippen molar-refractivity contribution in [3.8, 4) is 0 Å². The fourth-order valence-electron chi connectivity index (χ4n) is 3.81. The van der Waals surface area contributed by atoms with Gasteiger partial charge in [0.05, 0.1) is 6.04 Å². The molecule has 0 saturated carbocycles. The molecule has 4 heteroatoms. The Hall–Kier alpha value is -1.42. The smallest absolute Gasteiger partial charge is 0.220 e. The Morgan fingerprint density at radius 1 is 1.33 bits per heavy atom. The molecular formula is C17H23FN2O. The Morgan fingerprint density at radius 3 is 2.67 bits per heavy atom. The van der Waals surface area contributed by atoms with Crippen molar-refractivity contribution < 1.29 is 9.18 Å². The lowest BCUT2D eigenvalue weighted by atomic mass is 9.89. The van der Waals surface area contributed by atoms with E-state index in [4.69, 9.17) is 0 Å². The fraction of sp³-hybridized carbons (Fsp3) is 0.588. The maximum atomic E-state index is 13.7. The zero-order valence-corrected chi connectivity index (χ0v) is 12.4. The van der Waals surface area contributed by atoms with Crippen LogP contribution in [0.3, 0.4) is 0 Å². The summed E-state index contributed by atoms with van der Waals surface area (Å²) < 4.78 is 13.7. The molecular weight excluding hydrogens is 267 g/mol. The third-order valence-electron chi connectivity index (χ3n) is 4.79. The lowest BCUT2D eigenvalue weighted by Gasteiger charge is -2.29. The van der Waals surface area contributed by atoms with Crippen molar-refractivity contribution in [2.45, 2.75) is 57.2 Å². The molecule has 3 rings (SSSR count). The first kappa shape index (κ1) is 14.5. The molecule has 2 heterocycles. The number of hydrogen-bond acceptors (Lipinski definition) is 2. The second kappa shape index (κ2) is 6.14. The summed E-state index contributed by atoms with van der Waals surface area (Å²) in [5.74, 6) is 0.249. The Bertz CT molecular complexity index is 507. The quantitative estimate of drug-likeness (QED) is 0.895. The van der Waals surface area contributed by atoms with E-state index in [9.17, 15) is 9.18 Å². The third-order valence-corrected chi connectivity index (χ3v) is 4.79. The van der Waals surface area contributed by atoms with Gasteiger partial charge in [-0.25, -0.2) is 4.39 Å². The monoisotopic (exact) mass is 290 g/mol. The van der Waals surface area contributed by atoms with Crippen LogP contribution in [0, 0.1) is 11.7 Å². The Kier molecular flexibility index (Phi) is 4.24. The molecule has 2 N–H and O–H groups in total. The minimum absolute atomic E-state index is 0.0389. The van der Waals surface area contributed by atoms with E-state index >= 15 is 0 Å². The van der Waals surface area contributed by atoms with Crippen LogP contribution >= 0.6 is 0 Å². The molecule has 2 saturated heterocycles. The lowest BCUT2D eigenvalue weighted by Crippen LogP contribution is -2.40. The molecule has 2 fully saturated rings. The van der Waals surface area contributed by atoms with Gasteiger partial charge in [0.15, 0.2) is 0 Å². The van der Waals surface area contributed by atoms with Gasteiger partial charge in [-0.1, -0.05) is 18.2 Å². The number of halogens is 1. The van der Waals surface area contributed by atoms with Crippen LogP contribution in [0.4, 0.5) is 4.39 Å². The second-order valence-electron chi connectivity index (χ2n) is 6.49. The predicted molar refractivity (Wildman–Crippen MR) is 80.2 cm³/mol. The predicted octanol–water partition coefficient (Wildman–Crippen LogP) is 2.92. The van der Waals surface area contributed by atoms with Gasteiger partial charge in [-0.2, -0.15) is 0 Å². The highest BCUT2D eigenvalue weighted by atomic mass is 19.1. The summed E-state index contributed by atoms with van der Waals surface area (Å²) in [6, 6.07) is 7.55. The third kappa shape index (κ3) is 3.43.